The molecule has 0 unspecified atom stereocenters. The molecule has 3 aromatic rings. The van der Waals surface area contributed by atoms with Gasteiger partial charge in [0.25, 0.3) is 0 Å². The summed E-state index contributed by atoms with van der Waals surface area (Å²) in [5.74, 6) is -25.6. The molecule has 0 aromatic heterocycles. The zero-order chi connectivity index (χ0) is 35.2. The minimum absolute atomic E-state index is 0.0168. The fraction of sp³-hybridized carbons (Fsp3) is 0. The summed E-state index contributed by atoms with van der Waals surface area (Å²) in [6.45, 7) is 0. The molecule has 0 spiro atoms. The summed E-state index contributed by atoms with van der Waals surface area (Å²) in [5.41, 5.74) is -18.9. The van der Waals surface area contributed by atoms with Crippen LogP contribution in [0.5, 0.6) is 0 Å². The molecule has 3 aromatic carbocycles. The lowest BCUT2D eigenvalue weighted by atomic mass is 9.98. The summed E-state index contributed by atoms with van der Waals surface area (Å²) < 4.78 is 162. The van der Waals surface area contributed by atoms with Crippen LogP contribution in [0.1, 0.15) is 33.4 Å². The third-order valence-corrected chi connectivity index (χ3v) is 6.56. The van der Waals surface area contributed by atoms with Crippen LogP contribution in [0, 0.1) is 132 Å². The molecule has 1 aliphatic rings. The lowest BCUT2D eigenvalue weighted by Gasteiger charge is -2.08. The molecular formula is C30HF11N6. The Morgan fingerprint density at radius 2 is 0.723 bits per heavy atom. The Bertz CT molecular complexity index is 2350. The Balaban J connectivity index is 2.35. The van der Waals surface area contributed by atoms with E-state index in [-0.39, 0.29) is 6.07 Å². The Kier molecular flexibility index (Phi) is 8.31. The molecule has 0 heterocycles. The largest absolute Gasteiger partial charge is 0.205 e. The van der Waals surface area contributed by atoms with Crippen molar-refractivity contribution in [2.24, 2.45) is 0 Å². The van der Waals surface area contributed by atoms with Gasteiger partial charge in [-0.3, -0.25) is 0 Å². The van der Waals surface area contributed by atoms with E-state index >= 15 is 17.6 Å². The molecule has 0 amide bonds. The van der Waals surface area contributed by atoms with Crippen LogP contribution in [0.25, 0.3) is 16.7 Å². The molecule has 1 saturated carbocycles. The van der Waals surface area contributed by atoms with Gasteiger partial charge in [-0.2, -0.15) is 31.6 Å². The van der Waals surface area contributed by atoms with Crippen LogP contribution in [-0.2, 0) is 0 Å². The first kappa shape index (κ1) is 33.0. The van der Waals surface area contributed by atoms with Crippen molar-refractivity contribution in [1.82, 2.24) is 0 Å². The minimum Gasteiger partial charge on any atom is -0.205 e. The molecule has 1 fully saturated rings. The highest BCUT2D eigenvalue weighted by Crippen LogP contribution is 2.57. The maximum absolute atomic E-state index is 15.2. The standard InChI is InChI=1S/C30HF11N6/c31-15-1-8(22(33)23(34)10(15)3-43)9(2-42)16-17(11(4-44)19-21(32)13(6-46)26(37)30(41)29(19)40)18(16)12(5-45)20-27(38)24(35)14(7-47)25(36)28(20)39/h1H. The van der Waals surface area contributed by atoms with E-state index in [1.807, 2.05) is 0 Å². The molecule has 1 aliphatic carbocycles. The Morgan fingerprint density at radius 1 is 0.383 bits per heavy atom. The van der Waals surface area contributed by atoms with Crippen LogP contribution in [0.15, 0.2) is 22.8 Å². The number of nitrogens with zero attached hydrogens (tertiary/aromatic N) is 6. The van der Waals surface area contributed by atoms with Crippen LogP contribution in [0.2, 0.25) is 0 Å². The molecule has 0 N–H and O–H groups in total. The second kappa shape index (κ2) is 11.9. The molecule has 0 radical (unpaired) electrons. The van der Waals surface area contributed by atoms with Gasteiger partial charge in [0.2, 0.25) is 0 Å². The second-order valence-electron chi connectivity index (χ2n) is 8.84. The van der Waals surface area contributed by atoms with E-state index in [2.05, 4.69) is 0 Å². The van der Waals surface area contributed by atoms with Crippen molar-refractivity contribution in [3.8, 4) is 36.4 Å². The molecular weight excluding hydrogens is 653 g/mol. The van der Waals surface area contributed by atoms with Gasteiger partial charge in [-0.15, -0.1) is 0 Å². The zero-order valence-electron chi connectivity index (χ0n) is 21.9. The van der Waals surface area contributed by atoms with Gasteiger partial charge in [-0.25, -0.2) is 48.3 Å². The van der Waals surface area contributed by atoms with Gasteiger partial charge in [0, 0.05) is 22.3 Å². The maximum atomic E-state index is 15.2. The molecule has 17 heteroatoms. The molecule has 6 nitrogen and oxygen atoms in total. The van der Waals surface area contributed by atoms with Gasteiger partial charge in [0.15, 0.2) is 58.2 Å². The van der Waals surface area contributed by atoms with E-state index in [4.69, 9.17) is 15.8 Å². The summed E-state index contributed by atoms with van der Waals surface area (Å²) in [7, 11) is 0. The van der Waals surface area contributed by atoms with Crippen LogP contribution < -0.4 is 0 Å². The normalized spacial score (nSPS) is 14.9. The van der Waals surface area contributed by atoms with Crippen LogP contribution >= 0.6 is 0 Å². The first-order valence-corrected chi connectivity index (χ1v) is 11.7. The van der Waals surface area contributed by atoms with E-state index in [0.717, 1.165) is 36.4 Å². The monoisotopic (exact) mass is 654 g/mol. The summed E-state index contributed by atoms with van der Waals surface area (Å²) >= 11 is 0. The predicted molar refractivity (Wildman–Crippen MR) is 131 cm³/mol. The number of allylic oxidation sites excluding steroid dienone is 6. The lowest BCUT2D eigenvalue weighted by molar-refractivity contribution is 0.430. The van der Waals surface area contributed by atoms with Gasteiger partial charge in [-0.05, 0) is 6.07 Å². The van der Waals surface area contributed by atoms with Crippen molar-refractivity contribution in [2.45, 2.75) is 0 Å². The van der Waals surface area contributed by atoms with Crippen molar-refractivity contribution >= 4 is 16.7 Å². The fourth-order valence-electron chi connectivity index (χ4n) is 4.44. The average molecular weight is 654 g/mol. The SMILES string of the molecule is N#CC(=C1C(=C(C#N)c2c(F)c(F)c(C#N)c(F)c2F)C1=C(C#N)c1c(F)c(F)c(F)c(C#N)c1F)c1cc(F)c(C#N)c(F)c1F. The first-order valence-electron chi connectivity index (χ1n) is 11.7. The maximum Gasteiger partial charge on any atom is 0.196 e. The number of hydrogen-bond donors (Lipinski definition) is 0. The smallest absolute Gasteiger partial charge is 0.196 e. The van der Waals surface area contributed by atoms with Crippen LogP contribution in [0.4, 0.5) is 48.3 Å². The van der Waals surface area contributed by atoms with Crippen LogP contribution in [-0.4, -0.2) is 0 Å². The van der Waals surface area contributed by atoms with E-state index in [9.17, 15) is 46.5 Å². The summed E-state index contributed by atoms with van der Waals surface area (Å²) in [5, 5.41) is 56.3. The Hall–Kier alpha value is -6.95. The van der Waals surface area contributed by atoms with Crippen molar-refractivity contribution in [3.05, 3.63) is 120 Å². The highest BCUT2D eigenvalue weighted by Gasteiger charge is 2.45. The number of nitriles is 6. The molecule has 47 heavy (non-hydrogen) atoms. The fourth-order valence-corrected chi connectivity index (χ4v) is 4.44. The van der Waals surface area contributed by atoms with Crippen molar-refractivity contribution in [1.29, 1.82) is 31.6 Å². The number of benzene rings is 3. The number of rotatable bonds is 3. The van der Waals surface area contributed by atoms with Crippen LogP contribution in [0.3, 0.4) is 0 Å². The Morgan fingerprint density at radius 3 is 1.15 bits per heavy atom. The molecule has 0 aliphatic heterocycles. The molecule has 0 bridgehead atoms. The highest BCUT2D eigenvalue weighted by molar-refractivity contribution is 6.12. The van der Waals surface area contributed by atoms with Gasteiger partial charge in [0.1, 0.15) is 58.9 Å². The quantitative estimate of drug-likeness (QED) is 0.128. The summed E-state index contributed by atoms with van der Waals surface area (Å²) in [4.78, 5) is 0. The Labute approximate surface area is 253 Å². The summed E-state index contributed by atoms with van der Waals surface area (Å²) in [6.07, 6.45) is 0. The van der Waals surface area contributed by atoms with E-state index in [1.54, 1.807) is 0 Å². The molecule has 4 rings (SSSR count). The molecule has 228 valence electrons. The zero-order valence-corrected chi connectivity index (χ0v) is 21.9. The summed E-state index contributed by atoms with van der Waals surface area (Å²) in [6, 6.07) is 5.88. The number of halogens is 11. The van der Waals surface area contributed by atoms with Gasteiger partial charge in [-0.1, -0.05) is 0 Å². The van der Waals surface area contributed by atoms with Gasteiger partial charge < -0.3 is 0 Å². The van der Waals surface area contributed by atoms with Crippen molar-refractivity contribution in [2.75, 3.05) is 0 Å². The first-order chi connectivity index (χ1) is 22.2. The second-order valence-corrected chi connectivity index (χ2v) is 8.84. The van der Waals surface area contributed by atoms with E-state index < -0.39 is 131 Å². The predicted octanol–water partition coefficient (Wildman–Crippen LogP) is 7.08. The highest BCUT2D eigenvalue weighted by atomic mass is 19.2. The van der Waals surface area contributed by atoms with E-state index in [1.165, 1.54) is 0 Å². The topological polar surface area (TPSA) is 143 Å². The van der Waals surface area contributed by atoms with Gasteiger partial charge in [0.05, 0.1) is 27.8 Å². The lowest BCUT2D eigenvalue weighted by Crippen LogP contribution is -2.06. The molecule has 0 atom stereocenters. The average Bonchev–Trinajstić information content (AvgIpc) is 3.76. The van der Waals surface area contributed by atoms with E-state index in [0.29, 0.717) is 0 Å². The van der Waals surface area contributed by atoms with Crippen molar-refractivity contribution < 1.29 is 48.3 Å². The third kappa shape index (κ3) is 4.68. The minimum atomic E-state index is -2.56. The van der Waals surface area contributed by atoms with Crippen molar-refractivity contribution in [3.63, 3.8) is 0 Å². The third-order valence-electron chi connectivity index (χ3n) is 6.56. The van der Waals surface area contributed by atoms with Gasteiger partial charge >= 0.3 is 0 Å². The molecule has 0 saturated heterocycles. The number of hydrogen-bond acceptors (Lipinski definition) is 6.